The fourth-order valence-corrected chi connectivity index (χ4v) is 7.14. The largest absolute Gasteiger partial charge is 0.340 e. The van der Waals surface area contributed by atoms with Crippen LogP contribution >= 0.6 is 0 Å². The number of carbonyl (C=O) groups is 3. The Morgan fingerprint density at radius 3 is 2.53 bits per heavy atom. The Morgan fingerprint density at radius 1 is 0.891 bits per heavy atom. The highest BCUT2D eigenvalue weighted by Gasteiger charge is 2.25. The van der Waals surface area contributed by atoms with Gasteiger partial charge in [-0.25, -0.2) is 9.59 Å². The number of hydrogen-bond acceptors (Lipinski definition) is 7. The molecule has 3 aromatic carbocycles. The van der Waals surface area contributed by atoms with Crippen LogP contribution in [-0.4, -0.2) is 55.0 Å². The first kappa shape index (κ1) is 34.9. The normalized spacial score (nSPS) is 13.0. The molecule has 1 fully saturated rings. The predicted molar refractivity (Wildman–Crippen MR) is 213 cm³/mol. The van der Waals surface area contributed by atoms with Gasteiger partial charge in [-0.3, -0.25) is 43.9 Å². The third kappa shape index (κ3) is 6.46. The monoisotopic (exact) mass is 728 g/mol. The maximum absolute atomic E-state index is 12.9. The summed E-state index contributed by atoms with van der Waals surface area (Å²) in [7, 11) is 3.62. The van der Waals surface area contributed by atoms with Crippen molar-refractivity contribution < 1.29 is 14.4 Å². The van der Waals surface area contributed by atoms with Gasteiger partial charge in [0.05, 0.1) is 34.5 Å². The number of fused-ring (bicyclic) bond motifs is 3. The van der Waals surface area contributed by atoms with Crippen molar-refractivity contribution in [2.24, 2.45) is 14.1 Å². The van der Waals surface area contributed by atoms with Gasteiger partial charge in [0.2, 0.25) is 5.91 Å². The summed E-state index contributed by atoms with van der Waals surface area (Å²) in [5.41, 5.74) is 8.70. The molecular formula is C43H36N8O4. The highest BCUT2D eigenvalue weighted by atomic mass is 16.2. The number of benzene rings is 3. The van der Waals surface area contributed by atoms with E-state index in [1.54, 1.807) is 40.7 Å². The molecular weight excluding hydrogens is 693 g/mol. The molecule has 0 saturated carbocycles. The van der Waals surface area contributed by atoms with E-state index in [4.69, 9.17) is 4.98 Å². The third-order valence-corrected chi connectivity index (χ3v) is 10.0. The van der Waals surface area contributed by atoms with Gasteiger partial charge in [-0.05, 0) is 82.6 Å². The molecule has 272 valence electrons. The summed E-state index contributed by atoms with van der Waals surface area (Å²) in [5, 5.41) is 7.87. The molecule has 0 bridgehead atoms. The highest BCUT2D eigenvalue weighted by molar-refractivity contribution is 6.09. The number of hydrogen-bond donors (Lipinski definition) is 2. The van der Waals surface area contributed by atoms with Crippen molar-refractivity contribution >= 4 is 56.2 Å². The Balaban J connectivity index is 0.973. The number of nitrogens with one attached hydrogen (secondary N) is 2. The second-order valence-electron chi connectivity index (χ2n) is 13.8. The number of rotatable bonds is 6. The van der Waals surface area contributed by atoms with Crippen molar-refractivity contribution in [3.8, 4) is 34.2 Å². The number of imidazole rings is 1. The second-order valence-corrected chi connectivity index (χ2v) is 13.8. The first-order chi connectivity index (χ1) is 26.6. The Labute approximate surface area is 315 Å². The first-order valence-corrected chi connectivity index (χ1v) is 17.9. The number of amides is 4. The summed E-state index contributed by atoms with van der Waals surface area (Å²) in [4.78, 5) is 65.0. The van der Waals surface area contributed by atoms with Crippen LogP contribution in [0.4, 0.5) is 10.5 Å². The lowest BCUT2D eigenvalue weighted by Gasteiger charge is -2.27. The summed E-state index contributed by atoms with van der Waals surface area (Å²) < 4.78 is 3.42. The van der Waals surface area contributed by atoms with Crippen LogP contribution in [0.3, 0.4) is 0 Å². The number of carbonyl (C=O) groups excluding carboxylic acids is 3. The van der Waals surface area contributed by atoms with Gasteiger partial charge in [-0.1, -0.05) is 43.9 Å². The van der Waals surface area contributed by atoms with Crippen LogP contribution in [0.15, 0.2) is 96.2 Å². The number of urea groups is 1. The van der Waals surface area contributed by atoms with E-state index in [1.807, 2.05) is 55.7 Å². The molecule has 4 amide bonds. The summed E-state index contributed by atoms with van der Waals surface area (Å²) in [5.74, 6) is 5.60. The zero-order valence-electron chi connectivity index (χ0n) is 30.7. The zero-order valence-corrected chi connectivity index (χ0v) is 30.7. The number of nitrogens with zero attached hydrogens (tertiary/aromatic N) is 6. The third-order valence-electron chi connectivity index (χ3n) is 10.0. The van der Waals surface area contributed by atoms with Crippen molar-refractivity contribution in [3.63, 3.8) is 0 Å². The maximum Gasteiger partial charge on any atom is 0.328 e. The van der Waals surface area contributed by atoms with Gasteiger partial charge >= 0.3 is 11.7 Å². The van der Waals surface area contributed by atoms with Crippen LogP contribution in [0.2, 0.25) is 0 Å². The summed E-state index contributed by atoms with van der Waals surface area (Å²) in [6.07, 6.45) is 5.34. The number of aromatic nitrogens is 5. The Bertz CT molecular complexity index is 2840. The topological polar surface area (TPSA) is 144 Å². The molecule has 0 spiro atoms. The fourth-order valence-electron chi connectivity index (χ4n) is 7.14. The number of anilines is 1. The number of aryl methyl sites for hydroxylation is 2. The molecule has 0 unspecified atom stereocenters. The van der Waals surface area contributed by atoms with Crippen LogP contribution in [-0.2, 0) is 18.9 Å². The first-order valence-electron chi connectivity index (χ1n) is 17.9. The van der Waals surface area contributed by atoms with Gasteiger partial charge in [0.15, 0.2) is 0 Å². The van der Waals surface area contributed by atoms with Crippen LogP contribution in [0.5, 0.6) is 0 Å². The van der Waals surface area contributed by atoms with Gasteiger partial charge in [0, 0.05) is 67.6 Å². The van der Waals surface area contributed by atoms with Gasteiger partial charge in [-0.2, -0.15) is 0 Å². The smallest absolute Gasteiger partial charge is 0.328 e. The van der Waals surface area contributed by atoms with E-state index in [2.05, 4.69) is 64.5 Å². The maximum atomic E-state index is 12.9. The molecule has 12 nitrogen and oxygen atoms in total. The van der Waals surface area contributed by atoms with E-state index in [9.17, 15) is 19.2 Å². The minimum Gasteiger partial charge on any atom is -0.340 e. The molecule has 2 N–H and O–H groups in total. The van der Waals surface area contributed by atoms with Crippen molar-refractivity contribution in [1.29, 1.82) is 0 Å². The lowest BCUT2D eigenvalue weighted by molar-refractivity contribution is -0.120. The van der Waals surface area contributed by atoms with Gasteiger partial charge in [0.1, 0.15) is 5.69 Å². The van der Waals surface area contributed by atoms with Crippen molar-refractivity contribution in [2.45, 2.75) is 26.2 Å². The molecule has 12 heteroatoms. The van der Waals surface area contributed by atoms with Gasteiger partial charge in [-0.15, -0.1) is 0 Å². The molecule has 5 heterocycles. The van der Waals surface area contributed by atoms with Crippen LogP contribution in [0.25, 0.3) is 55.1 Å². The van der Waals surface area contributed by atoms with Gasteiger partial charge in [0.25, 0.3) is 5.91 Å². The second kappa shape index (κ2) is 14.0. The van der Waals surface area contributed by atoms with E-state index < -0.39 is 6.03 Å². The van der Waals surface area contributed by atoms with E-state index >= 15 is 0 Å². The quantitative estimate of drug-likeness (QED) is 0.198. The van der Waals surface area contributed by atoms with Gasteiger partial charge < -0.3 is 5.32 Å². The van der Waals surface area contributed by atoms with Crippen LogP contribution in [0.1, 0.15) is 47.8 Å². The summed E-state index contributed by atoms with van der Waals surface area (Å²) in [6.45, 7) is 4.64. The molecule has 1 aliphatic heterocycles. The van der Waals surface area contributed by atoms with Crippen molar-refractivity contribution in [3.05, 3.63) is 119 Å². The highest BCUT2D eigenvalue weighted by Crippen LogP contribution is 2.35. The van der Waals surface area contributed by atoms with E-state index in [1.165, 1.54) is 4.90 Å². The number of pyridine rings is 3. The van der Waals surface area contributed by atoms with E-state index in [0.717, 1.165) is 55.1 Å². The van der Waals surface area contributed by atoms with Crippen molar-refractivity contribution in [2.75, 3.05) is 18.0 Å². The standard InChI is InChI=1S/C43H36N8O4/c1-25(2)31-20-29(22-38-40(31)50(4)43(55)49(38)3)30-9-5-8-27-21-36(47-24-33(27)30)28-11-13-35(46-23-28)41(53)45-16-6-7-26-10-12-34-32(19-26)37(14-17-44-34)51-18-15-39(52)48-42(51)54/h5,8-14,17,19-25H,15-16,18H2,1-4H3,(H,45,53)(H,48,52,54). The molecule has 1 saturated heterocycles. The van der Waals surface area contributed by atoms with Crippen LogP contribution in [0, 0.1) is 11.8 Å². The van der Waals surface area contributed by atoms with E-state index in [-0.39, 0.29) is 48.6 Å². The minimum absolute atomic E-state index is 0.0532. The molecule has 1 aliphatic rings. The molecule has 4 aromatic heterocycles. The molecule has 0 aliphatic carbocycles. The Hall–Kier alpha value is -7.13. The molecule has 55 heavy (non-hydrogen) atoms. The number of imide groups is 1. The molecule has 7 aromatic rings. The SMILES string of the molecule is CC(C)c1cc(-c2cccc3cc(-c4ccc(C(=O)NCC#Cc5ccc6nccc(N7CCC(=O)NC7=O)c6c5)nc4)ncc23)cc2c1n(C)c(=O)n2C. The molecule has 0 radical (unpaired) electrons. The predicted octanol–water partition coefficient (Wildman–Crippen LogP) is 6.05. The zero-order chi connectivity index (χ0) is 38.4. The fraction of sp³-hybridized carbons (Fsp3) is 0.186. The Kier molecular flexibility index (Phi) is 8.90. The molecule has 8 rings (SSSR count). The molecule has 0 atom stereocenters. The Morgan fingerprint density at radius 2 is 1.75 bits per heavy atom. The van der Waals surface area contributed by atoms with Crippen LogP contribution < -0.4 is 21.2 Å². The lowest BCUT2D eigenvalue weighted by Crippen LogP contribution is -2.49. The van der Waals surface area contributed by atoms with Crippen molar-refractivity contribution in [1.82, 2.24) is 34.7 Å². The lowest BCUT2D eigenvalue weighted by atomic mass is 9.93. The average molecular weight is 729 g/mol. The summed E-state index contributed by atoms with van der Waals surface area (Å²) >= 11 is 0. The summed E-state index contributed by atoms with van der Waals surface area (Å²) in [6, 6.07) is 22.6. The average Bonchev–Trinajstić information content (AvgIpc) is 3.41. The minimum atomic E-state index is -0.471. The van der Waals surface area contributed by atoms with E-state index in [0.29, 0.717) is 16.8 Å².